The lowest BCUT2D eigenvalue weighted by molar-refractivity contribution is -0.384. The van der Waals surface area contributed by atoms with Crippen LogP contribution in [0.3, 0.4) is 0 Å². The summed E-state index contributed by atoms with van der Waals surface area (Å²) in [5.74, 6) is 0. The molecule has 0 saturated heterocycles. The van der Waals surface area contributed by atoms with E-state index in [0.29, 0.717) is 6.54 Å². The van der Waals surface area contributed by atoms with Gasteiger partial charge in [-0.3, -0.25) is 10.1 Å². The third-order valence-corrected chi connectivity index (χ3v) is 1.79. The number of nitrogens with zero attached hydrogens (tertiary/aromatic N) is 1. The average molecular weight is 181 g/mol. The van der Waals surface area contributed by atoms with E-state index >= 15 is 0 Å². The summed E-state index contributed by atoms with van der Waals surface area (Å²) in [4.78, 5) is 9.85. The van der Waals surface area contributed by atoms with Gasteiger partial charge in [-0.1, -0.05) is 12.1 Å². The van der Waals surface area contributed by atoms with Gasteiger partial charge in [0, 0.05) is 24.7 Å². The van der Waals surface area contributed by atoms with Gasteiger partial charge in [-0.25, -0.2) is 0 Å². The Hall–Kier alpha value is -1.46. The SMILES string of the molecule is NC[C@@H](N)c1ccc([N+](=O)[O-])cc1. The van der Waals surface area contributed by atoms with Crippen LogP contribution in [0.5, 0.6) is 0 Å². The minimum atomic E-state index is -0.447. The van der Waals surface area contributed by atoms with E-state index in [9.17, 15) is 10.1 Å². The predicted molar refractivity (Wildman–Crippen MR) is 49.1 cm³/mol. The van der Waals surface area contributed by atoms with Gasteiger partial charge >= 0.3 is 0 Å². The minimum absolute atomic E-state index is 0.0629. The Labute approximate surface area is 75.5 Å². The van der Waals surface area contributed by atoms with Gasteiger partial charge < -0.3 is 11.5 Å². The van der Waals surface area contributed by atoms with Crippen molar-refractivity contribution in [3.8, 4) is 0 Å². The summed E-state index contributed by atoms with van der Waals surface area (Å²) in [7, 11) is 0. The molecule has 0 bridgehead atoms. The maximum atomic E-state index is 10.3. The first-order valence-corrected chi connectivity index (χ1v) is 3.85. The fourth-order valence-corrected chi connectivity index (χ4v) is 0.979. The van der Waals surface area contributed by atoms with Crippen LogP contribution in [0.2, 0.25) is 0 Å². The highest BCUT2D eigenvalue weighted by Gasteiger charge is 2.07. The van der Waals surface area contributed by atoms with Crippen LogP contribution in [-0.2, 0) is 0 Å². The Bertz CT molecular complexity index is 297. The predicted octanol–water partition coefficient (Wildman–Crippen LogP) is 0.553. The standard InChI is InChI=1S/C8H11N3O2/c9-5-8(10)6-1-3-7(4-2-6)11(12)13/h1-4,8H,5,9-10H2/t8-/m1/s1. The summed E-state index contributed by atoms with van der Waals surface area (Å²) < 4.78 is 0. The number of nitro benzene ring substituents is 1. The van der Waals surface area contributed by atoms with Crippen molar-refractivity contribution in [2.24, 2.45) is 11.5 Å². The van der Waals surface area contributed by atoms with E-state index in [1.165, 1.54) is 12.1 Å². The van der Waals surface area contributed by atoms with E-state index < -0.39 is 4.92 Å². The van der Waals surface area contributed by atoms with Gasteiger partial charge in [0.25, 0.3) is 5.69 Å². The molecule has 5 heteroatoms. The summed E-state index contributed by atoms with van der Waals surface area (Å²) in [6.07, 6.45) is 0. The quantitative estimate of drug-likeness (QED) is 0.525. The van der Waals surface area contributed by atoms with Gasteiger partial charge in [-0.05, 0) is 5.56 Å². The Kier molecular flexibility index (Phi) is 2.94. The molecule has 0 spiro atoms. The number of rotatable bonds is 3. The first-order valence-electron chi connectivity index (χ1n) is 3.85. The van der Waals surface area contributed by atoms with Gasteiger partial charge in [-0.2, -0.15) is 0 Å². The van der Waals surface area contributed by atoms with Crippen molar-refractivity contribution >= 4 is 5.69 Å². The first-order chi connectivity index (χ1) is 6.15. The molecule has 0 aliphatic carbocycles. The second-order valence-electron chi connectivity index (χ2n) is 2.69. The van der Waals surface area contributed by atoms with E-state index in [1.807, 2.05) is 0 Å². The van der Waals surface area contributed by atoms with Crippen molar-refractivity contribution < 1.29 is 4.92 Å². The third kappa shape index (κ3) is 2.24. The molecule has 5 nitrogen and oxygen atoms in total. The number of non-ortho nitro benzene ring substituents is 1. The smallest absolute Gasteiger partial charge is 0.269 e. The van der Waals surface area contributed by atoms with Crippen LogP contribution in [-0.4, -0.2) is 11.5 Å². The van der Waals surface area contributed by atoms with Crippen molar-refractivity contribution in [1.82, 2.24) is 0 Å². The third-order valence-electron chi connectivity index (χ3n) is 1.79. The van der Waals surface area contributed by atoms with Gasteiger partial charge in [0.1, 0.15) is 0 Å². The molecule has 1 aromatic carbocycles. The highest BCUT2D eigenvalue weighted by Crippen LogP contribution is 2.15. The Morgan fingerprint density at radius 3 is 2.31 bits per heavy atom. The topological polar surface area (TPSA) is 95.2 Å². The van der Waals surface area contributed by atoms with E-state index in [-0.39, 0.29) is 11.7 Å². The van der Waals surface area contributed by atoms with Crippen molar-refractivity contribution in [3.05, 3.63) is 39.9 Å². The number of hydrogen-bond donors (Lipinski definition) is 2. The molecule has 70 valence electrons. The van der Waals surface area contributed by atoms with E-state index in [2.05, 4.69) is 0 Å². The molecule has 13 heavy (non-hydrogen) atoms. The first kappa shape index (κ1) is 9.63. The number of nitrogens with two attached hydrogens (primary N) is 2. The monoisotopic (exact) mass is 181 g/mol. The molecule has 0 aliphatic rings. The number of benzene rings is 1. The molecule has 0 aliphatic heterocycles. The maximum absolute atomic E-state index is 10.3. The molecule has 1 atom stereocenters. The maximum Gasteiger partial charge on any atom is 0.269 e. The summed E-state index contributed by atoms with van der Waals surface area (Å²) in [5, 5.41) is 10.3. The largest absolute Gasteiger partial charge is 0.329 e. The minimum Gasteiger partial charge on any atom is -0.329 e. The van der Waals surface area contributed by atoms with Crippen LogP contribution in [0, 0.1) is 10.1 Å². The van der Waals surface area contributed by atoms with Crippen LogP contribution in [0.25, 0.3) is 0 Å². The zero-order valence-electron chi connectivity index (χ0n) is 7.01. The molecule has 0 unspecified atom stereocenters. The van der Waals surface area contributed by atoms with Crippen molar-refractivity contribution in [2.45, 2.75) is 6.04 Å². The second-order valence-corrected chi connectivity index (χ2v) is 2.69. The van der Waals surface area contributed by atoms with Gasteiger partial charge in [0.05, 0.1) is 4.92 Å². The van der Waals surface area contributed by atoms with Crippen molar-refractivity contribution in [1.29, 1.82) is 0 Å². The molecular weight excluding hydrogens is 170 g/mol. The lowest BCUT2D eigenvalue weighted by Gasteiger charge is -2.07. The summed E-state index contributed by atoms with van der Waals surface area (Å²) in [6, 6.07) is 5.84. The summed E-state index contributed by atoms with van der Waals surface area (Å²) in [5.41, 5.74) is 11.8. The fourth-order valence-electron chi connectivity index (χ4n) is 0.979. The van der Waals surface area contributed by atoms with Crippen molar-refractivity contribution in [2.75, 3.05) is 6.54 Å². The zero-order valence-corrected chi connectivity index (χ0v) is 7.01. The van der Waals surface area contributed by atoms with Crippen LogP contribution >= 0.6 is 0 Å². The normalized spacial score (nSPS) is 12.5. The van der Waals surface area contributed by atoms with E-state index in [0.717, 1.165) is 5.56 Å². The molecule has 0 aromatic heterocycles. The van der Waals surface area contributed by atoms with Crippen LogP contribution in [0.4, 0.5) is 5.69 Å². The van der Waals surface area contributed by atoms with Gasteiger partial charge in [0.15, 0.2) is 0 Å². The van der Waals surface area contributed by atoms with Gasteiger partial charge in [-0.15, -0.1) is 0 Å². The molecule has 0 radical (unpaired) electrons. The van der Waals surface area contributed by atoms with Gasteiger partial charge in [0.2, 0.25) is 0 Å². The molecule has 4 N–H and O–H groups in total. The second kappa shape index (κ2) is 3.97. The van der Waals surface area contributed by atoms with Crippen molar-refractivity contribution in [3.63, 3.8) is 0 Å². The Morgan fingerprint density at radius 1 is 1.38 bits per heavy atom. The highest BCUT2D eigenvalue weighted by atomic mass is 16.6. The van der Waals surface area contributed by atoms with Crippen LogP contribution < -0.4 is 11.5 Å². The molecule has 0 saturated carbocycles. The lowest BCUT2D eigenvalue weighted by atomic mass is 10.1. The number of hydrogen-bond acceptors (Lipinski definition) is 4. The van der Waals surface area contributed by atoms with Crippen LogP contribution in [0.1, 0.15) is 11.6 Å². The zero-order chi connectivity index (χ0) is 9.84. The average Bonchev–Trinajstić information content (AvgIpc) is 2.17. The van der Waals surface area contributed by atoms with E-state index in [1.54, 1.807) is 12.1 Å². The Balaban J connectivity index is 2.87. The highest BCUT2D eigenvalue weighted by molar-refractivity contribution is 5.34. The Morgan fingerprint density at radius 2 is 1.92 bits per heavy atom. The molecule has 0 heterocycles. The molecule has 1 rings (SSSR count). The molecular formula is C8H11N3O2. The fraction of sp³-hybridized carbons (Fsp3) is 0.250. The molecule has 0 fully saturated rings. The van der Waals surface area contributed by atoms with E-state index in [4.69, 9.17) is 11.5 Å². The lowest BCUT2D eigenvalue weighted by Crippen LogP contribution is -2.20. The number of nitro groups is 1. The summed E-state index contributed by atoms with van der Waals surface area (Å²) >= 11 is 0. The van der Waals surface area contributed by atoms with Crippen LogP contribution in [0.15, 0.2) is 24.3 Å². The molecule has 1 aromatic rings. The summed E-state index contributed by atoms with van der Waals surface area (Å²) in [6.45, 7) is 0.331. The molecule has 0 amide bonds.